The van der Waals surface area contributed by atoms with Crippen LogP contribution in [0, 0.1) is 20.2 Å². The summed E-state index contributed by atoms with van der Waals surface area (Å²) >= 11 is 0. The summed E-state index contributed by atoms with van der Waals surface area (Å²) in [6, 6.07) is 7.08. The van der Waals surface area contributed by atoms with Gasteiger partial charge in [0.1, 0.15) is 34.3 Å². The Labute approximate surface area is 186 Å². The van der Waals surface area contributed by atoms with Crippen molar-refractivity contribution >= 4 is 17.8 Å². The smallest absolute Gasteiger partial charge is 0.273 e. The molecule has 2 unspecified atom stereocenters. The molecule has 0 radical (unpaired) electrons. The van der Waals surface area contributed by atoms with E-state index in [0.29, 0.717) is 27.9 Å². The monoisotopic (exact) mass is 451 g/mol. The van der Waals surface area contributed by atoms with E-state index in [0.717, 1.165) is 6.41 Å². The van der Waals surface area contributed by atoms with Gasteiger partial charge in [-0.2, -0.15) is 0 Å². The minimum absolute atomic E-state index is 0.0404. The highest BCUT2D eigenvalue weighted by molar-refractivity contribution is 5.60. The van der Waals surface area contributed by atoms with Crippen LogP contribution in [0.4, 0.5) is 11.4 Å². The minimum Gasteiger partial charge on any atom is -0.481 e. The highest BCUT2D eigenvalue weighted by Gasteiger charge is 2.30. The van der Waals surface area contributed by atoms with E-state index in [1.165, 1.54) is 35.3 Å². The van der Waals surface area contributed by atoms with Crippen LogP contribution in [0.25, 0.3) is 0 Å². The van der Waals surface area contributed by atoms with Crippen molar-refractivity contribution in [3.8, 4) is 17.2 Å². The third kappa shape index (κ3) is 4.39. The van der Waals surface area contributed by atoms with Gasteiger partial charge in [0.25, 0.3) is 11.4 Å². The summed E-state index contributed by atoms with van der Waals surface area (Å²) in [7, 11) is 3.38. The van der Waals surface area contributed by atoms with E-state index in [9.17, 15) is 25.0 Å². The summed E-state index contributed by atoms with van der Waals surface area (Å²) in [5, 5.41) is 22.9. The van der Waals surface area contributed by atoms with E-state index in [-0.39, 0.29) is 23.2 Å². The topological polar surface area (TPSA) is 150 Å². The number of nitro groups is 2. The number of allylic oxidation sites excluding steroid dienone is 1. The van der Waals surface area contributed by atoms with Gasteiger partial charge in [-0.1, -0.05) is 0 Å². The Kier molecular flexibility index (Phi) is 5.56. The third-order valence-electron chi connectivity index (χ3n) is 4.76. The summed E-state index contributed by atoms with van der Waals surface area (Å²) in [5.41, 5.74) is 0.327. The number of rotatable bonds is 3. The number of nitrogens with zero attached hydrogens (tertiary/aromatic N) is 5. The number of hydrogen-bond donors (Lipinski definition) is 0. The molecule has 3 aliphatic rings. The lowest BCUT2D eigenvalue weighted by atomic mass is 10.0. The van der Waals surface area contributed by atoms with Gasteiger partial charge in [-0.15, -0.1) is 0 Å². The second kappa shape index (κ2) is 8.49. The van der Waals surface area contributed by atoms with E-state index in [1.807, 2.05) is 0 Å². The predicted octanol–water partition coefficient (Wildman–Crippen LogP) is 1.84. The quantitative estimate of drug-likeness (QED) is 0.335. The van der Waals surface area contributed by atoms with Crippen LogP contribution in [-0.2, 0) is 4.79 Å². The number of non-ortho nitro benzene ring substituents is 1. The number of fused-ring (bicyclic) bond motifs is 4. The summed E-state index contributed by atoms with van der Waals surface area (Å²) < 4.78 is 11.7. The van der Waals surface area contributed by atoms with E-state index < -0.39 is 16.0 Å². The second-order valence-corrected chi connectivity index (χ2v) is 7.39. The molecule has 5 rings (SSSR count). The zero-order valence-corrected chi connectivity index (χ0v) is 17.4. The number of carbonyl (C=O) groups excluding carboxylic acids is 1. The molecule has 2 aliphatic heterocycles. The molecule has 33 heavy (non-hydrogen) atoms. The molecular weight excluding hydrogens is 434 g/mol. The zero-order valence-electron chi connectivity index (χ0n) is 17.4. The van der Waals surface area contributed by atoms with E-state index in [1.54, 1.807) is 32.3 Å². The number of hydrogen-bond acceptors (Lipinski definition) is 9. The van der Waals surface area contributed by atoms with Gasteiger partial charge in [0.15, 0.2) is 11.5 Å². The first-order valence-corrected chi connectivity index (χ1v) is 9.65. The van der Waals surface area contributed by atoms with Crippen LogP contribution in [0.3, 0.4) is 0 Å². The van der Waals surface area contributed by atoms with Crippen LogP contribution in [0.1, 0.15) is 0 Å². The van der Waals surface area contributed by atoms with Gasteiger partial charge in [-0.3, -0.25) is 30.0 Å². The van der Waals surface area contributed by atoms with Crippen molar-refractivity contribution < 1.29 is 24.1 Å². The molecule has 12 nitrogen and oxygen atoms in total. The van der Waals surface area contributed by atoms with Gasteiger partial charge in [0.2, 0.25) is 6.41 Å². The summed E-state index contributed by atoms with van der Waals surface area (Å²) in [6.45, 7) is 0. The van der Waals surface area contributed by atoms with Crippen LogP contribution in [-0.4, -0.2) is 47.4 Å². The Balaban J connectivity index is 0.000000471. The van der Waals surface area contributed by atoms with Gasteiger partial charge in [0.05, 0.1) is 15.9 Å². The first-order chi connectivity index (χ1) is 15.7. The highest BCUT2D eigenvalue weighted by Crippen LogP contribution is 2.36. The molecule has 2 aromatic carbocycles. The van der Waals surface area contributed by atoms with Gasteiger partial charge < -0.3 is 14.4 Å². The SMILES string of the molecule is CN(C)C=O.O=[N+]([O-])C1=CC2Oc3cc4c(cc3=NC2C=C1)Oc1cc([N+](=O)[O-])ccc1N=4. The molecule has 2 atom stereocenters. The van der Waals surface area contributed by atoms with Crippen molar-refractivity contribution in [3.63, 3.8) is 0 Å². The van der Waals surface area contributed by atoms with Crippen LogP contribution in [0.5, 0.6) is 17.2 Å². The molecule has 168 valence electrons. The van der Waals surface area contributed by atoms with E-state index >= 15 is 0 Å². The molecule has 0 spiro atoms. The van der Waals surface area contributed by atoms with Gasteiger partial charge in [0, 0.05) is 44.4 Å². The number of carbonyl (C=O) groups is 1. The molecule has 2 heterocycles. The lowest BCUT2D eigenvalue weighted by molar-refractivity contribution is -0.419. The van der Waals surface area contributed by atoms with Crippen LogP contribution >= 0.6 is 0 Å². The Morgan fingerprint density at radius 3 is 2.42 bits per heavy atom. The molecule has 0 saturated carbocycles. The normalized spacial score (nSPS) is 18.4. The van der Waals surface area contributed by atoms with Crippen molar-refractivity contribution in [1.29, 1.82) is 0 Å². The third-order valence-corrected chi connectivity index (χ3v) is 4.76. The van der Waals surface area contributed by atoms with Crippen LogP contribution in [0.2, 0.25) is 0 Å². The summed E-state index contributed by atoms with van der Waals surface area (Å²) in [5.74, 6) is 1.12. The van der Waals surface area contributed by atoms with Crippen molar-refractivity contribution in [2.75, 3.05) is 14.1 Å². The zero-order chi connectivity index (χ0) is 23.7. The van der Waals surface area contributed by atoms with E-state index in [4.69, 9.17) is 9.47 Å². The molecule has 1 amide bonds. The standard InChI is InChI=1S/C18H10N4O6.C3H7NO/c23-21(24)9-1-3-11-15(5-9)27-17-8-14-18(7-13(17)19-11)28-16-6-10(22(25)26)2-4-12(16)20-14;1-4(2)3-5/h1-8,11,15H;3H,1-2H3. The fraction of sp³-hybridized carbons (Fsp3) is 0.190. The average molecular weight is 451 g/mol. The second-order valence-electron chi connectivity index (χ2n) is 7.39. The van der Waals surface area contributed by atoms with E-state index in [2.05, 4.69) is 9.98 Å². The maximum Gasteiger partial charge on any atom is 0.273 e. The average Bonchev–Trinajstić information content (AvgIpc) is 2.79. The molecule has 1 aliphatic carbocycles. The van der Waals surface area contributed by atoms with Crippen molar-refractivity contribution in [3.05, 3.63) is 85.2 Å². The minimum atomic E-state index is -0.574. The lowest BCUT2D eigenvalue weighted by Gasteiger charge is -2.26. The molecule has 12 heteroatoms. The van der Waals surface area contributed by atoms with Crippen molar-refractivity contribution in [2.45, 2.75) is 12.1 Å². The fourth-order valence-electron chi connectivity index (χ4n) is 3.22. The molecule has 0 fully saturated rings. The number of nitro benzene ring substituents is 1. The molecule has 2 aromatic rings. The number of benzene rings is 2. The number of ether oxygens (including phenoxy) is 2. The molecular formula is C21H17N5O7. The van der Waals surface area contributed by atoms with Crippen LogP contribution < -0.4 is 20.2 Å². The first kappa shape index (κ1) is 21.6. The largest absolute Gasteiger partial charge is 0.481 e. The summed E-state index contributed by atoms with van der Waals surface area (Å²) in [4.78, 5) is 40.9. The van der Waals surface area contributed by atoms with Gasteiger partial charge in [-0.25, -0.2) is 4.99 Å². The molecule has 0 aromatic heterocycles. The Bertz CT molecular complexity index is 1350. The predicted molar refractivity (Wildman–Crippen MR) is 114 cm³/mol. The first-order valence-electron chi connectivity index (χ1n) is 9.65. The van der Waals surface area contributed by atoms with Gasteiger partial charge in [-0.05, 0) is 12.1 Å². The van der Waals surface area contributed by atoms with Gasteiger partial charge >= 0.3 is 0 Å². The van der Waals surface area contributed by atoms with Crippen molar-refractivity contribution in [2.24, 2.45) is 9.98 Å². The lowest BCUT2D eigenvalue weighted by Crippen LogP contribution is -2.38. The molecule has 0 bridgehead atoms. The maximum atomic E-state index is 11.0. The van der Waals surface area contributed by atoms with Crippen LogP contribution in [0.15, 0.2) is 64.2 Å². The Hall–Kier alpha value is -4.61. The number of amides is 1. The summed E-state index contributed by atoms with van der Waals surface area (Å²) in [6.07, 6.45) is 4.63. The van der Waals surface area contributed by atoms with Crippen molar-refractivity contribution in [1.82, 2.24) is 4.90 Å². The Morgan fingerprint density at radius 2 is 1.76 bits per heavy atom. The molecule has 0 saturated heterocycles. The maximum absolute atomic E-state index is 11.0. The fourth-order valence-corrected chi connectivity index (χ4v) is 3.22. The Morgan fingerprint density at radius 1 is 1.03 bits per heavy atom. The highest BCUT2D eigenvalue weighted by atomic mass is 16.6. The molecule has 0 N–H and O–H groups in total.